The van der Waals surface area contributed by atoms with Crippen LogP contribution in [0, 0.1) is 13.8 Å². The van der Waals surface area contributed by atoms with Crippen LogP contribution < -0.4 is 0 Å². The van der Waals surface area contributed by atoms with Crippen LogP contribution in [0.1, 0.15) is 11.1 Å². The summed E-state index contributed by atoms with van der Waals surface area (Å²) in [5, 5.41) is 2.17. The molecule has 0 radical (unpaired) electrons. The lowest BCUT2D eigenvalue weighted by Crippen LogP contribution is -1.88. The predicted octanol–water partition coefficient (Wildman–Crippen LogP) is 7.07. The van der Waals surface area contributed by atoms with E-state index in [2.05, 4.69) is 32.0 Å². The molecule has 2 aromatic heterocycles. The van der Waals surface area contributed by atoms with Crippen molar-refractivity contribution < 1.29 is 8.83 Å². The molecule has 0 saturated heterocycles. The molecule has 0 atom stereocenters. The highest BCUT2D eigenvalue weighted by molar-refractivity contribution is 6.02. The van der Waals surface area contributed by atoms with E-state index in [1.165, 1.54) is 0 Å². The van der Waals surface area contributed by atoms with E-state index in [0.717, 1.165) is 55.2 Å². The number of benzene rings is 4. The van der Waals surface area contributed by atoms with Gasteiger partial charge in [0.15, 0.2) is 11.2 Å². The van der Waals surface area contributed by atoms with E-state index in [-0.39, 0.29) is 0 Å². The molecule has 2 heterocycles. The van der Waals surface area contributed by atoms with E-state index in [9.17, 15) is 0 Å². The molecule has 0 spiro atoms. The van der Waals surface area contributed by atoms with E-state index >= 15 is 0 Å². The number of oxazole rings is 2. The first-order valence-electron chi connectivity index (χ1n) is 9.93. The van der Waals surface area contributed by atoms with E-state index in [1.54, 1.807) is 0 Å². The third-order valence-electron chi connectivity index (χ3n) is 5.46. The van der Waals surface area contributed by atoms with Crippen molar-refractivity contribution in [2.75, 3.05) is 0 Å². The number of aryl methyl sites for hydroxylation is 2. The molecule has 0 bridgehead atoms. The molecule has 144 valence electrons. The number of hydrogen-bond acceptors (Lipinski definition) is 4. The Labute approximate surface area is 172 Å². The van der Waals surface area contributed by atoms with Crippen LogP contribution in [-0.2, 0) is 0 Å². The molecule has 4 heteroatoms. The summed E-state index contributed by atoms with van der Waals surface area (Å²) in [4.78, 5) is 9.58. The summed E-state index contributed by atoms with van der Waals surface area (Å²) in [5.74, 6) is 1.13. The summed E-state index contributed by atoms with van der Waals surface area (Å²) < 4.78 is 12.3. The lowest BCUT2D eigenvalue weighted by Gasteiger charge is -2.08. The highest BCUT2D eigenvalue weighted by Crippen LogP contribution is 2.39. The van der Waals surface area contributed by atoms with E-state index in [0.29, 0.717) is 11.8 Å². The van der Waals surface area contributed by atoms with Gasteiger partial charge in [-0.25, -0.2) is 9.97 Å². The molecule has 4 nitrogen and oxygen atoms in total. The molecule has 0 fully saturated rings. The molecular weight excluding hydrogens is 372 g/mol. The molecule has 0 saturated carbocycles. The third-order valence-corrected chi connectivity index (χ3v) is 5.46. The number of rotatable bonds is 2. The fourth-order valence-corrected chi connectivity index (χ4v) is 3.98. The SMILES string of the molecule is Cc1ccc2oc(-c3ccc4ccccc4c3-c3nc4cc(C)ccc4o3)nc2c1. The summed E-state index contributed by atoms with van der Waals surface area (Å²) in [5.41, 5.74) is 7.28. The standard InChI is InChI=1S/C26H18N2O2/c1-15-7-11-22-20(13-15)27-25(29-22)19-10-9-17-5-3-4-6-18(17)24(19)26-28-21-14-16(2)8-12-23(21)30-26/h3-14H,1-2H3. The summed E-state index contributed by atoms with van der Waals surface area (Å²) in [6.45, 7) is 4.10. The second-order valence-electron chi connectivity index (χ2n) is 7.69. The fourth-order valence-electron chi connectivity index (χ4n) is 3.98. The number of aromatic nitrogens is 2. The van der Waals surface area contributed by atoms with Crippen LogP contribution >= 0.6 is 0 Å². The lowest BCUT2D eigenvalue weighted by molar-refractivity contribution is 0.612. The van der Waals surface area contributed by atoms with Gasteiger partial charge in [-0.2, -0.15) is 0 Å². The normalized spacial score (nSPS) is 11.7. The zero-order chi connectivity index (χ0) is 20.2. The second kappa shape index (κ2) is 6.29. The molecule has 0 aliphatic rings. The molecular formula is C26H18N2O2. The minimum absolute atomic E-state index is 0.565. The maximum atomic E-state index is 6.19. The largest absolute Gasteiger partial charge is 0.436 e. The summed E-state index contributed by atoms with van der Waals surface area (Å²) in [6, 6.07) is 24.4. The Balaban J connectivity index is 1.67. The van der Waals surface area contributed by atoms with E-state index < -0.39 is 0 Å². The molecule has 0 aliphatic carbocycles. The average molecular weight is 390 g/mol. The Hall–Kier alpha value is -3.92. The first-order valence-corrected chi connectivity index (χ1v) is 9.93. The molecule has 4 aromatic carbocycles. The van der Waals surface area contributed by atoms with Gasteiger partial charge in [-0.15, -0.1) is 0 Å². The van der Waals surface area contributed by atoms with Crippen molar-refractivity contribution in [3.8, 4) is 22.9 Å². The third kappa shape index (κ3) is 2.61. The Morgan fingerprint density at radius 1 is 0.633 bits per heavy atom. The van der Waals surface area contributed by atoms with Crippen LogP contribution in [0.2, 0.25) is 0 Å². The predicted molar refractivity (Wildman–Crippen MR) is 119 cm³/mol. The van der Waals surface area contributed by atoms with Crippen molar-refractivity contribution in [2.24, 2.45) is 0 Å². The average Bonchev–Trinajstić information content (AvgIpc) is 3.35. The fraction of sp³-hybridized carbons (Fsp3) is 0.0769. The maximum Gasteiger partial charge on any atom is 0.228 e. The summed E-state index contributed by atoms with van der Waals surface area (Å²) >= 11 is 0. The van der Waals surface area contributed by atoms with Crippen LogP contribution in [0.5, 0.6) is 0 Å². The molecule has 0 amide bonds. The summed E-state index contributed by atoms with van der Waals surface area (Å²) in [7, 11) is 0. The van der Waals surface area contributed by atoms with Crippen molar-refractivity contribution in [3.63, 3.8) is 0 Å². The number of fused-ring (bicyclic) bond motifs is 3. The first-order chi connectivity index (χ1) is 14.7. The van der Waals surface area contributed by atoms with Gasteiger partial charge in [0.05, 0.1) is 11.1 Å². The number of hydrogen-bond donors (Lipinski definition) is 0. The maximum absolute atomic E-state index is 6.19. The highest BCUT2D eigenvalue weighted by Gasteiger charge is 2.20. The van der Waals surface area contributed by atoms with Crippen molar-refractivity contribution in [1.82, 2.24) is 9.97 Å². The molecule has 0 aliphatic heterocycles. The molecule has 6 rings (SSSR count). The zero-order valence-electron chi connectivity index (χ0n) is 16.6. The van der Waals surface area contributed by atoms with Gasteiger partial charge in [0, 0.05) is 0 Å². The molecule has 0 N–H and O–H groups in total. The van der Waals surface area contributed by atoms with Gasteiger partial charge in [0.2, 0.25) is 11.8 Å². The second-order valence-corrected chi connectivity index (χ2v) is 7.69. The highest BCUT2D eigenvalue weighted by atomic mass is 16.4. The van der Waals surface area contributed by atoms with Gasteiger partial charge >= 0.3 is 0 Å². The van der Waals surface area contributed by atoms with Crippen molar-refractivity contribution in [3.05, 3.63) is 83.9 Å². The molecule has 6 aromatic rings. The molecule has 30 heavy (non-hydrogen) atoms. The Morgan fingerprint density at radius 2 is 1.27 bits per heavy atom. The quantitative estimate of drug-likeness (QED) is 0.317. The van der Waals surface area contributed by atoms with Crippen LogP contribution in [0.4, 0.5) is 0 Å². The topological polar surface area (TPSA) is 52.1 Å². The van der Waals surface area contributed by atoms with Crippen LogP contribution in [0.25, 0.3) is 55.9 Å². The van der Waals surface area contributed by atoms with E-state index in [4.69, 9.17) is 18.8 Å². The first kappa shape index (κ1) is 17.0. The Kier molecular flexibility index (Phi) is 3.56. The van der Waals surface area contributed by atoms with Gasteiger partial charge in [0.25, 0.3) is 0 Å². The zero-order valence-corrected chi connectivity index (χ0v) is 16.6. The van der Waals surface area contributed by atoms with Crippen LogP contribution in [-0.4, -0.2) is 9.97 Å². The summed E-state index contributed by atoms with van der Waals surface area (Å²) in [6.07, 6.45) is 0. The van der Waals surface area contributed by atoms with Gasteiger partial charge in [-0.3, -0.25) is 0 Å². The van der Waals surface area contributed by atoms with Crippen LogP contribution in [0.3, 0.4) is 0 Å². The van der Waals surface area contributed by atoms with Crippen LogP contribution in [0.15, 0.2) is 81.6 Å². The van der Waals surface area contributed by atoms with Crippen molar-refractivity contribution in [2.45, 2.75) is 13.8 Å². The minimum atomic E-state index is 0.565. The van der Waals surface area contributed by atoms with Gasteiger partial charge in [-0.1, -0.05) is 42.5 Å². The van der Waals surface area contributed by atoms with E-state index in [1.807, 2.05) is 54.6 Å². The van der Waals surface area contributed by atoms with Gasteiger partial charge in [0.1, 0.15) is 11.0 Å². The monoisotopic (exact) mass is 390 g/mol. The smallest absolute Gasteiger partial charge is 0.228 e. The Bertz CT molecular complexity index is 1570. The molecule has 0 unspecified atom stereocenters. The minimum Gasteiger partial charge on any atom is -0.436 e. The van der Waals surface area contributed by atoms with Crippen molar-refractivity contribution >= 4 is 33.0 Å². The lowest BCUT2D eigenvalue weighted by atomic mass is 9.98. The van der Waals surface area contributed by atoms with Gasteiger partial charge in [-0.05, 0) is 66.1 Å². The van der Waals surface area contributed by atoms with Crippen molar-refractivity contribution in [1.29, 1.82) is 0 Å². The van der Waals surface area contributed by atoms with Gasteiger partial charge < -0.3 is 8.83 Å². The number of nitrogens with zero attached hydrogens (tertiary/aromatic N) is 2. The Morgan fingerprint density at radius 3 is 2.00 bits per heavy atom.